The molecule has 2 amide bonds. The molecule has 1 aromatic carbocycles. The van der Waals surface area contributed by atoms with Crippen LogP contribution >= 0.6 is 0 Å². The molecular weight excluding hydrogens is 328 g/mol. The molecule has 0 spiro atoms. The molecule has 0 bridgehead atoms. The lowest BCUT2D eigenvalue weighted by Crippen LogP contribution is -2.46. The number of ether oxygens (including phenoxy) is 1. The van der Waals surface area contributed by atoms with Crippen LogP contribution in [0.1, 0.15) is 25.8 Å². The number of carbonyl (C=O) groups is 3. The Kier molecular flexibility index (Phi) is 8.42. The molecule has 138 valence electrons. The van der Waals surface area contributed by atoms with Gasteiger partial charge in [-0.2, -0.15) is 0 Å². The zero-order valence-corrected chi connectivity index (χ0v) is 14.3. The summed E-state index contributed by atoms with van der Waals surface area (Å²) >= 11 is 0. The van der Waals surface area contributed by atoms with E-state index in [4.69, 9.17) is 9.84 Å². The minimum atomic E-state index is -1.15. The molecule has 1 aromatic rings. The lowest BCUT2D eigenvalue weighted by Gasteiger charge is -2.19. The average Bonchev–Trinajstić information content (AvgIpc) is 2.56. The molecule has 0 aromatic heterocycles. The third-order valence-electron chi connectivity index (χ3n) is 3.37. The molecule has 0 aliphatic heterocycles. The zero-order valence-electron chi connectivity index (χ0n) is 14.3. The van der Waals surface area contributed by atoms with E-state index < -0.39 is 30.1 Å². The maximum Gasteiger partial charge on any atom is 0.407 e. The van der Waals surface area contributed by atoms with E-state index in [1.807, 2.05) is 18.2 Å². The quantitative estimate of drug-likeness (QED) is 0.523. The largest absolute Gasteiger partial charge is 0.480 e. The summed E-state index contributed by atoms with van der Waals surface area (Å²) in [7, 11) is 0. The van der Waals surface area contributed by atoms with Gasteiger partial charge < -0.3 is 25.6 Å². The minimum Gasteiger partial charge on any atom is -0.480 e. The predicted molar refractivity (Wildman–Crippen MR) is 89.7 cm³/mol. The molecular formula is C17H24N2O6. The van der Waals surface area contributed by atoms with E-state index in [-0.39, 0.29) is 25.5 Å². The Hall–Kier alpha value is -2.61. The van der Waals surface area contributed by atoms with Gasteiger partial charge in [0.25, 0.3) is 0 Å². The summed E-state index contributed by atoms with van der Waals surface area (Å²) in [4.78, 5) is 34.3. The summed E-state index contributed by atoms with van der Waals surface area (Å²) in [5.74, 6) is -2.03. The highest BCUT2D eigenvalue weighted by Crippen LogP contribution is 2.03. The smallest absolute Gasteiger partial charge is 0.407 e. The van der Waals surface area contributed by atoms with Gasteiger partial charge >= 0.3 is 12.1 Å². The Labute approximate surface area is 146 Å². The van der Waals surface area contributed by atoms with Crippen molar-refractivity contribution in [3.63, 3.8) is 0 Å². The standard InChI is InChI=1S/C17H24N2O6/c1-11(2)15(16(22)23)19-14(21)8-13(20)9-18-17(24)25-10-12-6-4-3-5-7-12/h3-7,11,13,15,20H,8-10H2,1-2H3,(H,18,24)(H,19,21)(H,22,23)/t13-,15-/m1/s1. The van der Waals surface area contributed by atoms with Gasteiger partial charge in [-0.3, -0.25) is 4.79 Å². The van der Waals surface area contributed by atoms with Gasteiger partial charge in [0, 0.05) is 6.54 Å². The number of rotatable bonds is 9. The van der Waals surface area contributed by atoms with Crippen LogP contribution in [0.5, 0.6) is 0 Å². The number of carbonyl (C=O) groups excluding carboxylic acids is 2. The Balaban J connectivity index is 2.29. The van der Waals surface area contributed by atoms with Crippen LogP contribution < -0.4 is 10.6 Å². The van der Waals surface area contributed by atoms with E-state index in [1.165, 1.54) is 0 Å². The summed E-state index contributed by atoms with van der Waals surface area (Å²) in [6, 6.07) is 8.07. The first-order valence-corrected chi connectivity index (χ1v) is 7.94. The fraction of sp³-hybridized carbons (Fsp3) is 0.471. The van der Waals surface area contributed by atoms with Gasteiger partial charge in [0.05, 0.1) is 12.5 Å². The van der Waals surface area contributed by atoms with Crippen molar-refractivity contribution in [1.29, 1.82) is 0 Å². The first kappa shape index (κ1) is 20.4. The summed E-state index contributed by atoms with van der Waals surface area (Å²) in [6.07, 6.45) is -2.19. The molecule has 0 aliphatic rings. The van der Waals surface area contributed by atoms with E-state index in [2.05, 4.69) is 10.6 Å². The Morgan fingerprint density at radius 2 is 1.80 bits per heavy atom. The van der Waals surface area contributed by atoms with Gasteiger partial charge in [0.2, 0.25) is 5.91 Å². The van der Waals surface area contributed by atoms with Crippen LogP contribution in [-0.2, 0) is 20.9 Å². The number of carboxylic acids is 1. The number of carboxylic acid groups (broad SMARTS) is 1. The van der Waals surface area contributed by atoms with Crippen LogP contribution in [0, 0.1) is 5.92 Å². The lowest BCUT2D eigenvalue weighted by atomic mass is 10.0. The van der Waals surface area contributed by atoms with E-state index in [1.54, 1.807) is 26.0 Å². The monoisotopic (exact) mass is 352 g/mol. The second-order valence-electron chi connectivity index (χ2n) is 5.93. The van der Waals surface area contributed by atoms with Gasteiger partial charge in [-0.15, -0.1) is 0 Å². The average molecular weight is 352 g/mol. The number of nitrogens with one attached hydrogen (secondary N) is 2. The number of aliphatic hydroxyl groups excluding tert-OH is 1. The third-order valence-corrected chi connectivity index (χ3v) is 3.37. The molecule has 0 aliphatic carbocycles. The van der Waals surface area contributed by atoms with Crippen molar-refractivity contribution in [2.24, 2.45) is 5.92 Å². The van der Waals surface area contributed by atoms with Gasteiger partial charge in [-0.25, -0.2) is 9.59 Å². The molecule has 0 unspecified atom stereocenters. The van der Waals surface area contributed by atoms with Gasteiger partial charge in [-0.1, -0.05) is 44.2 Å². The van der Waals surface area contributed by atoms with Crippen molar-refractivity contribution < 1.29 is 29.3 Å². The topological polar surface area (TPSA) is 125 Å². The molecule has 8 nitrogen and oxygen atoms in total. The van der Waals surface area contributed by atoms with E-state index in [9.17, 15) is 19.5 Å². The number of hydrogen-bond acceptors (Lipinski definition) is 5. The number of hydrogen-bond donors (Lipinski definition) is 4. The maximum absolute atomic E-state index is 11.7. The highest BCUT2D eigenvalue weighted by molar-refractivity contribution is 5.84. The molecule has 0 saturated heterocycles. The zero-order chi connectivity index (χ0) is 18.8. The molecule has 0 saturated carbocycles. The van der Waals surface area contributed by atoms with Crippen LogP contribution in [0.25, 0.3) is 0 Å². The second-order valence-corrected chi connectivity index (χ2v) is 5.93. The van der Waals surface area contributed by atoms with Gasteiger partial charge in [0.1, 0.15) is 12.6 Å². The normalized spacial score (nSPS) is 13.0. The summed E-state index contributed by atoms with van der Waals surface area (Å²) in [5.41, 5.74) is 0.825. The molecule has 2 atom stereocenters. The van der Waals surface area contributed by atoms with Crippen LogP contribution in [0.15, 0.2) is 30.3 Å². The van der Waals surface area contributed by atoms with Crippen molar-refractivity contribution in [3.05, 3.63) is 35.9 Å². The summed E-state index contributed by atoms with van der Waals surface area (Å²) in [5, 5.41) is 23.5. The van der Waals surface area contributed by atoms with E-state index >= 15 is 0 Å². The van der Waals surface area contributed by atoms with Gasteiger partial charge in [0.15, 0.2) is 0 Å². The molecule has 0 heterocycles. The molecule has 1 rings (SSSR count). The molecule has 4 N–H and O–H groups in total. The van der Waals surface area contributed by atoms with Crippen molar-refractivity contribution in [1.82, 2.24) is 10.6 Å². The predicted octanol–water partition coefficient (Wildman–Crippen LogP) is 0.889. The minimum absolute atomic E-state index is 0.0952. The number of alkyl carbamates (subject to hydrolysis) is 1. The molecule has 0 fully saturated rings. The Morgan fingerprint density at radius 1 is 1.16 bits per heavy atom. The third kappa shape index (κ3) is 8.16. The van der Waals surface area contributed by atoms with E-state index in [0.29, 0.717) is 0 Å². The van der Waals surface area contributed by atoms with Crippen molar-refractivity contribution >= 4 is 18.0 Å². The molecule has 0 radical (unpaired) electrons. The molecule has 25 heavy (non-hydrogen) atoms. The van der Waals surface area contributed by atoms with Crippen LogP contribution in [0.2, 0.25) is 0 Å². The Bertz CT molecular complexity index is 576. The first-order chi connectivity index (χ1) is 11.8. The van der Waals surface area contributed by atoms with Crippen LogP contribution in [0.4, 0.5) is 4.79 Å². The summed E-state index contributed by atoms with van der Waals surface area (Å²) in [6.45, 7) is 3.25. The highest BCUT2D eigenvalue weighted by Gasteiger charge is 2.24. The fourth-order valence-electron chi connectivity index (χ4n) is 2.01. The first-order valence-electron chi connectivity index (χ1n) is 7.94. The number of aliphatic hydroxyl groups is 1. The number of benzene rings is 1. The summed E-state index contributed by atoms with van der Waals surface area (Å²) < 4.78 is 4.97. The van der Waals surface area contributed by atoms with Crippen molar-refractivity contribution in [2.45, 2.75) is 39.0 Å². The number of amides is 2. The number of aliphatic carboxylic acids is 1. The van der Waals surface area contributed by atoms with Crippen molar-refractivity contribution in [3.8, 4) is 0 Å². The van der Waals surface area contributed by atoms with Crippen LogP contribution in [0.3, 0.4) is 0 Å². The maximum atomic E-state index is 11.7. The van der Waals surface area contributed by atoms with Crippen LogP contribution in [-0.4, -0.2) is 46.9 Å². The van der Waals surface area contributed by atoms with Gasteiger partial charge in [-0.05, 0) is 11.5 Å². The SMILES string of the molecule is CC(C)[C@@H](NC(=O)C[C@@H](O)CNC(=O)OCc1ccccc1)C(=O)O. The second kappa shape index (κ2) is 10.3. The lowest BCUT2D eigenvalue weighted by molar-refractivity contribution is -0.143. The fourth-order valence-corrected chi connectivity index (χ4v) is 2.01. The molecule has 8 heteroatoms. The Morgan fingerprint density at radius 3 is 2.36 bits per heavy atom. The van der Waals surface area contributed by atoms with Crippen molar-refractivity contribution in [2.75, 3.05) is 6.54 Å². The highest BCUT2D eigenvalue weighted by atomic mass is 16.5. The van der Waals surface area contributed by atoms with E-state index in [0.717, 1.165) is 5.56 Å².